The highest BCUT2D eigenvalue weighted by Gasteiger charge is 2.29. The molecular formula is C11H14FNS. The Morgan fingerprint density at radius 2 is 2.29 bits per heavy atom. The fraction of sp³-hybridized carbons (Fsp3) is 0.455. The molecule has 3 heteroatoms. The zero-order valence-corrected chi connectivity index (χ0v) is 8.98. The van der Waals surface area contributed by atoms with Gasteiger partial charge in [-0.3, -0.25) is 0 Å². The van der Waals surface area contributed by atoms with Gasteiger partial charge in [-0.15, -0.1) is 11.8 Å². The van der Waals surface area contributed by atoms with E-state index in [0.29, 0.717) is 5.25 Å². The molecule has 1 aliphatic rings. The lowest BCUT2D eigenvalue weighted by Gasteiger charge is -2.13. The van der Waals surface area contributed by atoms with Gasteiger partial charge in [-0.05, 0) is 30.2 Å². The number of thioether (sulfide) groups is 1. The first-order valence-electron chi connectivity index (χ1n) is 4.94. The van der Waals surface area contributed by atoms with Gasteiger partial charge < -0.3 is 5.73 Å². The normalized spacial score (nSPS) is 25.1. The van der Waals surface area contributed by atoms with E-state index in [2.05, 4.69) is 6.92 Å². The second-order valence-corrected chi connectivity index (χ2v) is 4.93. The first-order valence-corrected chi connectivity index (χ1v) is 5.82. The summed E-state index contributed by atoms with van der Waals surface area (Å²) in [5, 5.41) is 0.428. The number of halogens is 1. The monoisotopic (exact) mass is 211 g/mol. The van der Waals surface area contributed by atoms with E-state index >= 15 is 0 Å². The predicted molar refractivity (Wildman–Crippen MR) is 57.9 cm³/mol. The molecule has 0 amide bonds. The van der Waals surface area contributed by atoms with Crippen molar-refractivity contribution in [3.63, 3.8) is 0 Å². The van der Waals surface area contributed by atoms with Crippen LogP contribution in [-0.4, -0.2) is 5.25 Å². The third-order valence-corrected chi connectivity index (χ3v) is 4.04. The molecule has 0 radical (unpaired) electrons. The van der Waals surface area contributed by atoms with E-state index in [1.807, 2.05) is 6.07 Å². The molecule has 0 saturated heterocycles. The van der Waals surface area contributed by atoms with Crippen molar-refractivity contribution in [2.24, 2.45) is 5.73 Å². The molecule has 2 rings (SSSR count). The van der Waals surface area contributed by atoms with E-state index in [9.17, 15) is 4.39 Å². The Bertz CT molecular complexity index is 340. The average Bonchev–Trinajstić information content (AvgIpc) is 2.46. The van der Waals surface area contributed by atoms with E-state index in [0.717, 1.165) is 23.3 Å². The van der Waals surface area contributed by atoms with Crippen LogP contribution in [0.15, 0.2) is 23.1 Å². The maximum Gasteiger partial charge on any atom is 0.123 e. The fourth-order valence-electron chi connectivity index (χ4n) is 1.85. The molecule has 2 N–H and O–H groups in total. The Morgan fingerprint density at radius 3 is 3.00 bits per heavy atom. The predicted octanol–water partition coefficient (Wildman–Crippen LogP) is 3.10. The summed E-state index contributed by atoms with van der Waals surface area (Å²) in [4.78, 5) is 1.15. The molecular weight excluding hydrogens is 197 g/mol. The molecule has 0 spiro atoms. The third kappa shape index (κ3) is 1.66. The van der Waals surface area contributed by atoms with Crippen molar-refractivity contribution in [1.82, 2.24) is 0 Å². The quantitative estimate of drug-likeness (QED) is 0.813. The van der Waals surface area contributed by atoms with Gasteiger partial charge in [0.05, 0.1) is 0 Å². The Kier molecular flexibility index (Phi) is 2.79. The topological polar surface area (TPSA) is 26.0 Å². The fourth-order valence-corrected chi connectivity index (χ4v) is 3.30. The minimum Gasteiger partial charge on any atom is -0.323 e. The van der Waals surface area contributed by atoms with Crippen molar-refractivity contribution in [2.75, 3.05) is 0 Å². The maximum absolute atomic E-state index is 13.0. The molecule has 0 fully saturated rings. The second kappa shape index (κ2) is 3.91. The molecule has 2 unspecified atom stereocenters. The van der Waals surface area contributed by atoms with Crippen LogP contribution in [0.25, 0.3) is 0 Å². The molecule has 0 aromatic heterocycles. The smallest absolute Gasteiger partial charge is 0.123 e. The molecule has 1 aromatic rings. The van der Waals surface area contributed by atoms with E-state index in [1.54, 1.807) is 17.8 Å². The molecule has 1 aromatic carbocycles. The van der Waals surface area contributed by atoms with Crippen LogP contribution in [0.1, 0.15) is 31.4 Å². The van der Waals surface area contributed by atoms with Crippen molar-refractivity contribution in [1.29, 1.82) is 0 Å². The van der Waals surface area contributed by atoms with Crippen molar-refractivity contribution in [3.05, 3.63) is 29.6 Å². The van der Waals surface area contributed by atoms with E-state index in [1.165, 1.54) is 6.07 Å². The summed E-state index contributed by atoms with van der Waals surface area (Å²) in [6.07, 6.45) is 2.23. The zero-order valence-electron chi connectivity index (χ0n) is 8.16. The van der Waals surface area contributed by atoms with Crippen LogP contribution >= 0.6 is 11.8 Å². The van der Waals surface area contributed by atoms with Gasteiger partial charge in [0.2, 0.25) is 0 Å². The largest absolute Gasteiger partial charge is 0.323 e. The van der Waals surface area contributed by atoms with Gasteiger partial charge in [0, 0.05) is 16.2 Å². The van der Waals surface area contributed by atoms with Gasteiger partial charge >= 0.3 is 0 Å². The summed E-state index contributed by atoms with van der Waals surface area (Å²) in [6, 6.07) is 4.92. The average molecular weight is 211 g/mol. The lowest BCUT2D eigenvalue weighted by atomic mass is 10.0. The summed E-state index contributed by atoms with van der Waals surface area (Å²) in [7, 11) is 0. The first-order chi connectivity index (χ1) is 6.72. The Balaban J connectivity index is 2.27. The standard InChI is InChI=1S/C11H14FNS/c1-2-3-10-11(13)8-6-7(12)4-5-9(8)14-10/h4-6,10-11H,2-3,13H2,1H3. The van der Waals surface area contributed by atoms with Crippen LogP contribution in [0.2, 0.25) is 0 Å². The van der Waals surface area contributed by atoms with E-state index in [4.69, 9.17) is 5.73 Å². The van der Waals surface area contributed by atoms with Crippen LogP contribution < -0.4 is 5.73 Å². The van der Waals surface area contributed by atoms with Crippen LogP contribution in [0.3, 0.4) is 0 Å². The maximum atomic E-state index is 13.0. The van der Waals surface area contributed by atoms with Gasteiger partial charge in [-0.2, -0.15) is 0 Å². The lowest BCUT2D eigenvalue weighted by molar-refractivity contribution is 0.603. The molecule has 1 aliphatic heterocycles. The molecule has 14 heavy (non-hydrogen) atoms. The van der Waals surface area contributed by atoms with Crippen molar-refractivity contribution >= 4 is 11.8 Å². The Labute approximate surface area is 87.9 Å². The first kappa shape index (κ1) is 9.99. The summed E-state index contributed by atoms with van der Waals surface area (Å²) in [6.45, 7) is 2.15. The zero-order chi connectivity index (χ0) is 10.1. The number of rotatable bonds is 2. The number of hydrogen-bond acceptors (Lipinski definition) is 2. The minimum atomic E-state index is -0.183. The summed E-state index contributed by atoms with van der Waals surface area (Å²) in [5.41, 5.74) is 7.04. The minimum absolute atomic E-state index is 0.00523. The van der Waals surface area contributed by atoms with Gasteiger partial charge in [0.15, 0.2) is 0 Å². The van der Waals surface area contributed by atoms with E-state index < -0.39 is 0 Å². The molecule has 2 atom stereocenters. The van der Waals surface area contributed by atoms with Gasteiger partial charge in [0.25, 0.3) is 0 Å². The van der Waals surface area contributed by atoms with Gasteiger partial charge in [0.1, 0.15) is 5.82 Å². The molecule has 0 aliphatic carbocycles. The molecule has 0 saturated carbocycles. The third-order valence-electron chi connectivity index (χ3n) is 2.58. The Morgan fingerprint density at radius 1 is 1.50 bits per heavy atom. The van der Waals surface area contributed by atoms with Crippen molar-refractivity contribution in [3.8, 4) is 0 Å². The molecule has 1 heterocycles. The molecule has 76 valence electrons. The van der Waals surface area contributed by atoms with Crippen LogP contribution in [0.4, 0.5) is 4.39 Å². The highest BCUT2D eigenvalue weighted by Crippen LogP contribution is 2.44. The lowest BCUT2D eigenvalue weighted by Crippen LogP contribution is -2.18. The highest BCUT2D eigenvalue weighted by molar-refractivity contribution is 8.00. The van der Waals surface area contributed by atoms with Gasteiger partial charge in [-0.1, -0.05) is 13.3 Å². The van der Waals surface area contributed by atoms with Crippen LogP contribution in [-0.2, 0) is 0 Å². The van der Waals surface area contributed by atoms with Crippen LogP contribution in [0, 0.1) is 5.82 Å². The number of nitrogens with two attached hydrogens (primary N) is 1. The summed E-state index contributed by atoms with van der Waals surface area (Å²) >= 11 is 1.79. The van der Waals surface area contributed by atoms with Gasteiger partial charge in [-0.25, -0.2) is 4.39 Å². The molecule has 0 bridgehead atoms. The highest BCUT2D eigenvalue weighted by atomic mass is 32.2. The van der Waals surface area contributed by atoms with Crippen molar-refractivity contribution < 1.29 is 4.39 Å². The van der Waals surface area contributed by atoms with Crippen LogP contribution in [0.5, 0.6) is 0 Å². The SMILES string of the molecule is CCCC1Sc2ccc(F)cc2C1N. The number of fused-ring (bicyclic) bond motifs is 1. The number of hydrogen-bond donors (Lipinski definition) is 1. The van der Waals surface area contributed by atoms with E-state index in [-0.39, 0.29) is 11.9 Å². The summed E-state index contributed by atoms with van der Waals surface area (Å²) in [5.74, 6) is -0.183. The summed E-state index contributed by atoms with van der Waals surface area (Å²) < 4.78 is 13.0. The molecule has 1 nitrogen and oxygen atoms in total. The number of benzene rings is 1. The van der Waals surface area contributed by atoms with Crippen molar-refractivity contribution in [2.45, 2.75) is 36.0 Å². The second-order valence-electron chi connectivity index (χ2n) is 3.65. The Hall–Kier alpha value is -0.540.